The highest BCUT2D eigenvalue weighted by Gasteiger charge is 2.56. The quantitative estimate of drug-likeness (QED) is 0.734. The van der Waals surface area contributed by atoms with Crippen LogP contribution in [-0.4, -0.2) is 17.0 Å². The van der Waals surface area contributed by atoms with E-state index in [4.69, 9.17) is 0 Å². The molecule has 1 N–H and O–H groups in total. The van der Waals surface area contributed by atoms with Crippen LogP contribution in [-0.2, 0) is 4.79 Å². The first-order valence-electron chi connectivity index (χ1n) is 8.79. The van der Waals surface area contributed by atoms with E-state index in [1.165, 1.54) is 32.1 Å². The summed E-state index contributed by atoms with van der Waals surface area (Å²) in [6, 6.07) is 0. The van der Waals surface area contributed by atoms with E-state index in [0.29, 0.717) is 11.7 Å². The monoisotopic (exact) mass is 276 g/mol. The first-order chi connectivity index (χ1) is 9.59. The van der Waals surface area contributed by atoms with Crippen molar-refractivity contribution in [2.24, 2.45) is 35.0 Å². The topological polar surface area (TPSA) is 37.3 Å². The van der Waals surface area contributed by atoms with Crippen molar-refractivity contribution in [3.05, 3.63) is 0 Å². The lowest BCUT2D eigenvalue weighted by molar-refractivity contribution is -0.128. The summed E-state index contributed by atoms with van der Waals surface area (Å²) in [7, 11) is 0. The van der Waals surface area contributed by atoms with Crippen molar-refractivity contribution < 1.29 is 9.90 Å². The van der Waals surface area contributed by atoms with Crippen molar-refractivity contribution in [1.29, 1.82) is 0 Å². The highest BCUT2D eigenvalue weighted by atomic mass is 16.3. The molecule has 0 amide bonds. The Labute approximate surface area is 122 Å². The second kappa shape index (κ2) is 4.56. The van der Waals surface area contributed by atoms with Crippen molar-refractivity contribution in [1.82, 2.24) is 0 Å². The van der Waals surface area contributed by atoms with Crippen LogP contribution in [0.3, 0.4) is 0 Å². The molecule has 0 aromatic heterocycles. The number of ketones is 1. The van der Waals surface area contributed by atoms with Gasteiger partial charge in [-0.15, -0.1) is 0 Å². The van der Waals surface area contributed by atoms with E-state index in [-0.39, 0.29) is 11.5 Å². The van der Waals surface area contributed by atoms with Crippen LogP contribution in [0.15, 0.2) is 0 Å². The van der Waals surface area contributed by atoms with Crippen LogP contribution in [0.2, 0.25) is 0 Å². The molecule has 4 fully saturated rings. The predicted molar refractivity (Wildman–Crippen MR) is 78.1 cm³/mol. The fraction of sp³-hybridized carbons (Fsp3) is 0.944. The lowest BCUT2D eigenvalue weighted by atomic mass is 9.50. The standard InChI is InChI=1S/C18H28O2/c1-18-9-8-14-13-5-3-12(19)10-11(13)2-4-15(14)16(18)6-7-17(18)20/h11,13-17,20H,2-10H2,1H3/t11-,13-,14+,15?,16-,17-,18-/m0/s1. The average Bonchev–Trinajstić information content (AvgIpc) is 2.74. The lowest BCUT2D eigenvalue weighted by Gasteiger charge is -2.55. The Morgan fingerprint density at radius 2 is 1.85 bits per heavy atom. The number of fused-ring (bicyclic) bond motifs is 5. The van der Waals surface area contributed by atoms with Gasteiger partial charge in [-0.05, 0) is 80.0 Å². The second-order valence-electron chi connectivity index (χ2n) is 8.35. The number of Topliss-reactive ketones (excluding diaryl/α,β-unsaturated/α-hetero) is 1. The minimum atomic E-state index is -0.0564. The summed E-state index contributed by atoms with van der Waals surface area (Å²) in [6.45, 7) is 2.35. The van der Waals surface area contributed by atoms with E-state index in [2.05, 4.69) is 6.92 Å². The minimum absolute atomic E-state index is 0.0564. The number of aliphatic hydroxyl groups excluding tert-OH is 1. The van der Waals surface area contributed by atoms with Crippen LogP contribution in [0.25, 0.3) is 0 Å². The van der Waals surface area contributed by atoms with E-state index < -0.39 is 0 Å². The Balaban J connectivity index is 1.58. The molecule has 4 rings (SSSR count). The molecule has 0 spiro atoms. The molecule has 2 nitrogen and oxygen atoms in total. The first kappa shape index (κ1) is 13.3. The number of carbonyl (C=O) groups excluding carboxylic acids is 1. The zero-order chi connectivity index (χ0) is 13.9. The third-order valence-electron chi connectivity index (χ3n) is 7.72. The van der Waals surface area contributed by atoms with Crippen LogP contribution >= 0.6 is 0 Å². The summed E-state index contributed by atoms with van der Waals surface area (Å²) in [5.74, 6) is 4.52. The summed E-state index contributed by atoms with van der Waals surface area (Å²) in [5.41, 5.74) is 0.207. The molecule has 7 atom stereocenters. The molecular formula is C18H28O2. The van der Waals surface area contributed by atoms with Gasteiger partial charge >= 0.3 is 0 Å². The summed E-state index contributed by atoms with van der Waals surface area (Å²) in [6.07, 6.45) is 10.2. The zero-order valence-electron chi connectivity index (χ0n) is 12.7. The van der Waals surface area contributed by atoms with E-state index in [1.54, 1.807) is 0 Å². The number of aliphatic hydroxyl groups is 1. The summed E-state index contributed by atoms with van der Waals surface area (Å²) in [4.78, 5) is 11.7. The molecule has 0 aromatic rings. The minimum Gasteiger partial charge on any atom is -0.393 e. The van der Waals surface area contributed by atoms with Gasteiger partial charge in [0, 0.05) is 12.8 Å². The van der Waals surface area contributed by atoms with Crippen LogP contribution < -0.4 is 0 Å². The molecule has 20 heavy (non-hydrogen) atoms. The maximum Gasteiger partial charge on any atom is 0.133 e. The summed E-state index contributed by atoms with van der Waals surface area (Å²) >= 11 is 0. The van der Waals surface area contributed by atoms with E-state index >= 15 is 0 Å². The van der Waals surface area contributed by atoms with Gasteiger partial charge < -0.3 is 5.11 Å². The van der Waals surface area contributed by atoms with Gasteiger partial charge in [-0.3, -0.25) is 4.79 Å². The average molecular weight is 276 g/mol. The summed E-state index contributed by atoms with van der Waals surface area (Å²) in [5, 5.41) is 10.4. The molecule has 0 aliphatic heterocycles. The molecule has 0 radical (unpaired) electrons. The van der Waals surface area contributed by atoms with Crippen molar-refractivity contribution >= 4 is 5.78 Å². The second-order valence-corrected chi connectivity index (χ2v) is 8.35. The molecule has 0 aromatic carbocycles. The zero-order valence-corrected chi connectivity index (χ0v) is 12.7. The molecule has 0 saturated heterocycles. The fourth-order valence-corrected chi connectivity index (χ4v) is 6.63. The highest BCUT2D eigenvalue weighted by molar-refractivity contribution is 5.79. The highest BCUT2D eigenvalue weighted by Crippen LogP contribution is 2.62. The lowest BCUT2D eigenvalue weighted by Crippen LogP contribution is -2.49. The fourth-order valence-electron chi connectivity index (χ4n) is 6.63. The Morgan fingerprint density at radius 1 is 1.00 bits per heavy atom. The van der Waals surface area contributed by atoms with Crippen LogP contribution in [0, 0.1) is 35.0 Å². The Hall–Kier alpha value is -0.370. The molecule has 0 bridgehead atoms. The maximum atomic E-state index is 11.7. The number of hydrogen-bond donors (Lipinski definition) is 1. The molecule has 0 heterocycles. The van der Waals surface area contributed by atoms with Gasteiger partial charge in [0.05, 0.1) is 6.10 Å². The van der Waals surface area contributed by atoms with Crippen LogP contribution in [0.4, 0.5) is 0 Å². The summed E-state index contributed by atoms with van der Waals surface area (Å²) < 4.78 is 0. The van der Waals surface area contributed by atoms with E-state index in [0.717, 1.165) is 49.4 Å². The third kappa shape index (κ3) is 1.76. The van der Waals surface area contributed by atoms with Gasteiger partial charge in [0.25, 0.3) is 0 Å². The van der Waals surface area contributed by atoms with Crippen molar-refractivity contribution in [2.45, 2.75) is 70.8 Å². The van der Waals surface area contributed by atoms with Crippen molar-refractivity contribution in [2.75, 3.05) is 0 Å². The normalized spacial score (nSPS) is 55.0. The molecule has 4 saturated carbocycles. The molecule has 4 aliphatic rings. The predicted octanol–water partition coefficient (Wildman–Crippen LogP) is 3.57. The van der Waals surface area contributed by atoms with Gasteiger partial charge in [-0.2, -0.15) is 0 Å². The number of hydrogen-bond acceptors (Lipinski definition) is 2. The molecule has 2 heteroatoms. The smallest absolute Gasteiger partial charge is 0.133 e. The largest absolute Gasteiger partial charge is 0.393 e. The van der Waals surface area contributed by atoms with Crippen molar-refractivity contribution in [3.8, 4) is 0 Å². The Morgan fingerprint density at radius 3 is 2.70 bits per heavy atom. The Bertz CT molecular complexity index is 418. The van der Waals surface area contributed by atoms with Gasteiger partial charge in [-0.25, -0.2) is 0 Å². The van der Waals surface area contributed by atoms with Crippen LogP contribution in [0.5, 0.6) is 0 Å². The Kier molecular flexibility index (Phi) is 3.03. The van der Waals surface area contributed by atoms with Crippen molar-refractivity contribution in [3.63, 3.8) is 0 Å². The third-order valence-corrected chi connectivity index (χ3v) is 7.72. The van der Waals surface area contributed by atoms with Gasteiger partial charge in [0.15, 0.2) is 0 Å². The molecule has 1 unspecified atom stereocenters. The van der Waals surface area contributed by atoms with E-state index in [1.807, 2.05) is 0 Å². The number of rotatable bonds is 0. The van der Waals surface area contributed by atoms with Gasteiger partial charge in [0.1, 0.15) is 5.78 Å². The van der Waals surface area contributed by atoms with Gasteiger partial charge in [-0.1, -0.05) is 6.92 Å². The molecule has 4 aliphatic carbocycles. The van der Waals surface area contributed by atoms with Crippen LogP contribution in [0.1, 0.15) is 64.7 Å². The maximum absolute atomic E-state index is 11.7. The van der Waals surface area contributed by atoms with E-state index in [9.17, 15) is 9.90 Å². The molecule has 112 valence electrons. The molecular weight excluding hydrogens is 248 g/mol. The van der Waals surface area contributed by atoms with Gasteiger partial charge in [0.2, 0.25) is 0 Å². The SMILES string of the molecule is C[C@]12CC[C@H]3C(CC[C@H]4CC(=O)CC[C@@H]43)[C@@H]1CC[C@@H]2O. The first-order valence-corrected chi connectivity index (χ1v) is 8.79. The number of carbonyl (C=O) groups is 1.